The van der Waals surface area contributed by atoms with Crippen LogP contribution < -0.4 is 11.2 Å². The van der Waals surface area contributed by atoms with Gasteiger partial charge in [-0.05, 0) is 30.7 Å². The molecule has 1 fully saturated rings. The standard InChI is InChI=1S/C19H23F3N4O4S/c1-23-13-16(17(27)24(2)18(23)28)31(29,30)26-9-3-8-25(10-11-26)12-14-4-6-15(7-5-14)19(20,21)22/h4-7,13H,3,8-12H2,1-2H3. The largest absolute Gasteiger partial charge is 0.416 e. The van der Waals surface area contributed by atoms with Crippen LogP contribution in [0, 0.1) is 0 Å². The summed E-state index contributed by atoms with van der Waals surface area (Å²) in [5.41, 5.74) is -1.53. The van der Waals surface area contributed by atoms with Gasteiger partial charge in [-0.15, -0.1) is 0 Å². The average molecular weight is 460 g/mol. The summed E-state index contributed by atoms with van der Waals surface area (Å²) in [5, 5.41) is 0. The van der Waals surface area contributed by atoms with Gasteiger partial charge in [0.25, 0.3) is 5.56 Å². The van der Waals surface area contributed by atoms with Crippen molar-refractivity contribution in [3.8, 4) is 0 Å². The zero-order valence-corrected chi connectivity index (χ0v) is 17.9. The van der Waals surface area contributed by atoms with E-state index in [4.69, 9.17) is 0 Å². The number of rotatable bonds is 4. The summed E-state index contributed by atoms with van der Waals surface area (Å²) in [6, 6.07) is 4.88. The molecule has 1 saturated heterocycles. The number of aryl methyl sites for hydroxylation is 1. The second-order valence-electron chi connectivity index (χ2n) is 7.48. The maximum Gasteiger partial charge on any atom is 0.416 e. The Morgan fingerprint density at radius 1 is 0.968 bits per heavy atom. The van der Waals surface area contributed by atoms with Gasteiger partial charge in [0.2, 0.25) is 10.0 Å². The molecule has 0 atom stereocenters. The molecular weight excluding hydrogens is 437 g/mol. The molecule has 0 aliphatic carbocycles. The Bertz CT molecular complexity index is 1170. The molecule has 1 aliphatic heterocycles. The van der Waals surface area contributed by atoms with E-state index in [1.807, 2.05) is 4.90 Å². The van der Waals surface area contributed by atoms with Crippen molar-refractivity contribution >= 4 is 10.0 Å². The Kier molecular flexibility index (Phi) is 6.44. The quantitative estimate of drug-likeness (QED) is 0.680. The highest BCUT2D eigenvalue weighted by Crippen LogP contribution is 2.29. The molecule has 31 heavy (non-hydrogen) atoms. The summed E-state index contributed by atoms with van der Waals surface area (Å²) in [7, 11) is -1.52. The number of nitrogens with zero attached hydrogens (tertiary/aromatic N) is 4. The van der Waals surface area contributed by atoms with E-state index in [0.29, 0.717) is 31.6 Å². The fourth-order valence-corrected chi connectivity index (χ4v) is 5.11. The second kappa shape index (κ2) is 8.60. The van der Waals surface area contributed by atoms with E-state index in [9.17, 15) is 31.2 Å². The van der Waals surface area contributed by atoms with E-state index in [-0.39, 0.29) is 13.1 Å². The smallest absolute Gasteiger partial charge is 0.302 e. The van der Waals surface area contributed by atoms with Crippen LogP contribution in [0.2, 0.25) is 0 Å². The number of hydrogen-bond acceptors (Lipinski definition) is 5. The highest BCUT2D eigenvalue weighted by molar-refractivity contribution is 7.89. The van der Waals surface area contributed by atoms with Gasteiger partial charge in [0, 0.05) is 46.5 Å². The molecule has 1 aromatic carbocycles. The molecule has 0 amide bonds. The van der Waals surface area contributed by atoms with Gasteiger partial charge in [-0.3, -0.25) is 14.3 Å². The highest BCUT2D eigenvalue weighted by Gasteiger charge is 2.31. The first-order valence-electron chi connectivity index (χ1n) is 9.56. The molecule has 0 bridgehead atoms. The summed E-state index contributed by atoms with van der Waals surface area (Å²) in [6.45, 7) is 1.60. The molecule has 3 rings (SSSR count). The van der Waals surface area contributed by atoms with Crippen LogP contribution in [0.4, 0.5) is 13.2 Å². The van der Waals surface area contributed by atoms with Crippen LogP contribution >= 0.6 is 0 Å². The van der Waals surface area contributed by atoms with Crippen LogP contribution in [0.15, 0.2) is 44.9 Å². The van der Waals surface area contributed by atoms with Crippen molar-refractivity contribution in [2.75, 3.05) is 26.2 Å². The minimum atomic E-state index is -4.39. The van der Waals surface area contributed by atoms with Gasteiger partial charge in [0.1, 0.15) is 0 Å². The van der Waals surface area contributed by atoms with Crippen LogP contribution in [0.5, 0.6) is 0 Å². The zero-order valence-electron chi connectivity index (χ0n) is 17.1. The summed E-state index contributed by atoms with van der Waals surface area (Å²) in [6.07, 6.45) is -2.87. The van der Waals surface area contributed by atoms with Crippen LogP contribution in [0.3, 0.4) is 0 Å². The Labute approximate surface area is 177 Å². The van der Waals surface area contributed by atoms with Crippen LogP contribution in [0.25, 0.3) is 0 Å². The normalized spacial score (nSPS) is 16.9. The molecule has 2 aromatic rings. The fourth-order valence-electron chi connectivity index (χ4n) is 3.49. The third-order valence-corrected chi connectivity index (χ3v) is 7.15. The molecule has 0 unspecified atom stereocenters. The molecule has 1 aliphatic rings. The van der Waals surface area contributed by atoms with E-state index in [1.54, 1.807) is 0 Å². The van der Waals surface area contributed by atoms with Crippen LogP contribution in [0.1, 0.15) is 17.5 Å². The van der Waals surface area contributed by atoms with Crippen molar-refractivity contribution < 1.29 is 21.6 Å². The Morgan fingerprint density at radius 3 is 2.23 bits per heavy atom. The van der Waals surface area contributed by atoms with Crippen LogP contribution in [-0.2, 0) is 36.8 Å². The Hall–Kier alpha value is -2.44. The number of sulfonamides is 1. The van der Waals surface area contributed by atoms with E-state index in [1.165, 1.54) is 30.5 Å². The topological polar surface area (TPSA) is 84.6 Å². The maximum atomic E-state index is 13.0. The first-order valence-corrected chi connectivity index (χ1v) is 11.0. The predicted molar refractivity (Wildman–Crippen MR) is 107 cm³/mol. The Morgan fingerprint density at radius 2 is 1.61 bits per heavy atom. The van der Waals surface area contributed by atoms with Gasteiger partial charge >= 0.3 is 11.9 Å². The predicted octanol–water partition coefficient (Wildman–Crippen LogP) is 0.999. The van der Waals surface area contributed by atoms with Gasteiger partial charge in [0.05, 0.1) is 5.56 Å². The third kappa shape index (κ3) is 4.91. The van der Waals surface area contributed by atoms with Gasteiger partial charge in [-0.25, -0.2) is 13.2 Å². The molecule has 0 saturated carbocycles. The second-order valence-corrected chi connectivity index (χ2v) is 9.39. The Balaban J connectivity index is 1.74. The van der Waals surface area contributed by atoms with Crippen molar-refractivity contribution in [3.05, 3.63) is 62.4 Å². The first kappa shape index (κ1) is 23.2. The average Bonchev–Trinajstić information content (AvgIpc) is 2.95. The SMILES string of the molecule is Cn1cc(S(=O)(=O)N2CCCN(Cc3ccc(C(F)(F)F)cc3)CC2)c(=O)n(C)c1=O. The van der Waals surface area contributed by atoms with E-state index >= 15 is 0 Å². The first-order chi connectivity index (χ1) is 14.4. The van der Waals surface area contributed by atoms with Crippen molar-refractivity contribution in [1.82, 2.24) is 18.3 Å². The maximum absolute atomic E-state index is 13.0. The van der Waals surface area contributed by atoms with E-state index < -0.39 is 37.9 Å². The van der Waals surface area contributed by atoms with Gasteiger partial charge < -0.3 is 4.57 Å². The summed E-state index contributed by atoms with van der Waals surface area (Å²) in [4.78, 5) is 25.7. The number of benzene rings is 1. The monoisotopic (exact) mass is 460 g/mol. The lowest BCUT2D eigenvalue weighted by Gasteiger charge is -2.22. The minimum absolute atomic E-state index is 0.120. The van der Waals surface area contributed by atoms with E-state index in [0.717, 1.165) is 27.5 Å². The molecule has 8 nitrogen and oxygen atoms in total. The molecule has 1 aromatic heterocycles. The minimum Gasteiger partial charge on any atom is -0.302 e. The number of hydrogen-bond donors (Lipinski definition) is 0. The van der Waals surface area contributed by atoms with Crippen molar-refractivity contribution in [1.29, 1.82) is 0 Å². The molecule has 0 radical (unpaired) electrons. The van der Waals surface area contributed by atoms with Gasteiger partial charge in [-0.1, -0.05) is 12.1 Å². The highest BCUT2D eigenvalue weighted by atomic mass is 32.2. The lowest BCUT2D eigenvalue weighted by Crippen LogP contribution is -2.43. The van der Waals surface area contributed by atoms with Crippen molar-refractivity contribution in [2.45, 2.75) is 24.0 Å². The lowest BCUT2D eigenvalue weighted by molar-refractivity contribution is -0.137. The molecular formula is C19H23F3N4O4S. The van der Waals surface area contributed by atoms with Crippen molar-refractivity contribution in [3.63, 3.8) is 0 Å². The summed E-state index contributed by atoms with van der Waals surface area (Å²) < 4.78 is 67.2. The number of aromatic nitrogens is 2. The molecule has 0 spiro atoms. The van der Waals surface area contributed by atoms with Crippen molar-refractivity contribution in [2.24, 2.45) is 14.1 Å². The number of alkyl halides is 3. The summed E-state index contributed by atoms with van der Waals surface area (Å²) in [5.74, 6) is 0. The van der Waals surface area contributed by atoms with Crippen LogP contribution in [-0.4, -0.2) is 52.9 Å². The van der Waals surface area contributed by atoms with Gasteiger partial charge in [-0.2, -0.15) is 17.5 Å². The van der Waals surface area contributed by atoms with E-state index in [2.05, 4.69) is 0 Å². The molecule has 12 heteroatoms. The lowest BCUT2D eigenvalue weighted by atomic mass is 10.1. The number of halogens is 3. The zero-order chi connectivity index (χ0) is 23.0. The molecule has 0 N–H and O–H groups in total. The third-order valence-electron chi connectivity index (χ3n) is 5.27. The molecule has 170 valence electrons. The summed E-state index contributed by atoms with van der Waals surface area (Å²) >= 11 is 0. The van der Waals surface area contributed by atoms with Gasteiger partial charge in [0.15, 0.2) is 4.90 Å². The molecule has 2 heterocycles. The fraction of sp³-hybridized carbons (Fsp3) is 0.474.